The first-order chi connectivity index (χ1) is 10.2. The molecule has 2 heterocycles. The molecule has 5 nitrogen and oxygen atoms in total. The zero-order valence-corrected chi connectivity index (χ0v) is 12.5. The molecule has 2 aromatic rings. The summed E-state index contributed by atoms with van der Waals surface area (Å²) in [6.45, 7) is 2.75. The molecular formula is C15H17N3O2S. The van der Waals surface area contributed by atoms with E-state index in [-0.39, 0.29) is 0 Å². The fourth-order valence-electron chi connectivity index (χ4n) is 2.13. The Labute approximate surface area is 128 Å². The maximum absolute atomic E-state index is 5.71. The predicted octanol–water partition coefficient (Wildman–Crippen LogP) is 2.99. The highest BCUT2D eigenvalue weighted by molar-refractivity contribution is 7.80. The Hall–Kier alpha value is -2.08. The van der Waals surface area contributed by atoms with E-state index < -0.39 is 0 Å². The molecule has 0 amide bonds. The van der Waals surface area contributed by atoms with Crippen LogP contribution in [0.2, 0.25) is 0 Å². The van der Waals surface area contributed by atoms with Crippen molar-refractivity contribution in [3.8, 4) is 0 Å². The van der Waals surface area contributed by atoms with Gasteiger partial charge in [-0.05, 0) is 48.8 Å². The van der Waals surface area contributed by atoms with Crippen LogP contribution >= 0.6 is 12.2 Å². The second-order valence-electron chi connectivity index (χ2n) is 5.19. The van der Waals surface area contributed by atoms with Crippen LogP contribution in [0.15, 0.2) is 44.5 Å². The van der Waals surface area contributed by atoms with Crippen LogP contribution in [0.5, 0.6) is 0 Å². The minimum Gasteiger partial charge on any atom is -0.467 e. The molecule has 0 saturated heterocycles. The quantitative estimate of drug-likeness (QED) is 0.505. The topological polar surface area (TPSA) is 62.7 Å². The SMILES string of the molecule is C[C@H]1C[C@H]1c1ccc(/C=N\NC(=S)NCc2ccco2)o1. The first-order valence-corrected chi connectivity index (χ1v) is 7.32. The zero-order chi connectivity index (χ0) is 14.7. The first kappa shape index (κ1) is 13.9. The van der Waals surface area contributed by atoms with Crippen LogP contribution in [-0.4, -0.2) is 11.3 Å². The van der Waals surface area contributed by atoms with E-state index in [9.17, 15) is 0 Å². The number of thiocarbonyl (C=S) groups is 1. The van der Waals surface area contributed by atoms with Crippen molar-refractivity contribution in [2.75, 3.05) is 0 Å². The van der Waals surface area contributed by atoms with E-state index >= 15 is 0 Å². The normalized spacial score (nSPS) is 20.6. The number of nitrogens with zero attached hydrogens (tertiary/aromatic N) is 1. The van der Waals surface area contributed by atoms with Crippen molar-refractivity contribution in [1.29, 1.82) is 0 Å². The van der Waals surface area contributed by atoms with E-state index in [1.807, 2.05) is 24.3 Å². The molecule has 6 heteroatoms. The molecule has 0 aromatic carbocycles. The molecule has 0 radical (unpaired) electrons. The molecule has 0 aliphatic heterocycles. The van der Waals surface area contributed by atoms with E-state index in [1.165, 1.54) is 6.42 Å². The monoisotopic (exact) mass is 303 g/mol. The van der Waals surface area contributed by atoms with Gasteiger partial charge in [0.05, 0.1) is 19.0 Å². The van der Waals surface area contributed by atoms with Crippen LogP contribution in [0.25, 0.3) is 0 Å². The summed E-state index contributed by atoms with van der Waals surface area (Å²) < 4.78 is 10.9. The maximum Gasteiger partial charge on any atom is 0.187 e. The molecular weight excluding hydrogens is 286 g/mol. The van der Waals surface area contributed by atoms with Crippen LogP contribution in [0.1, 0.15) is 36.5 Å². The minimum absolute atomic E-state index is 0.435. The lowest BCUT2D eigenvalue weighted by Gasteiger charge is -2.04. The highest BCUT2D eigenvalue weighted by atomic mass is 32.1. The number of nitrogens with one attached hydrogen (secondary N) is 2. The van der Waals surface area contributed by atoms with Gasteiger partial charge < -0.3 is 14.2 Å². The van der Waals surface area contributed by atoms with Crippen molar-refractivity contribution in [3.05, 3.63) is 47.8 Å². The molecule has 1 fully saturated rings. The van der Waals surface area contributed by atoms with Gasteiger partial charge in [0, 0.05) is 5.92 Å². The lowest BCUT2D eigenvalue weighted by molar-refractivity contribution is 0.499. The zero-order valence-electron chi connectivity index (χ0n) is 11.7. The van der Waals surface area contributed by atoms with Gasteiger partial charge in [0.15, 0.2) is 5.11 Å². The van der Waals surface area contributed by atoms with Crippen LogP contribution in [0, 0.1) is 5.92 Å². The van der Waals surface area contributed by atoms with Crippen molar-refractivity contribution >= 4 is 23.5 Å². The summed E-state index contributed by atoms with van der Waals surface area (Å²) in [5.74, 6) is 3.90. The van der Waals surface area contributed by atoms with Crippen molar-refractivity contribution < 1.29 is 8.83 Å². The van der Waals surface area contributed by atoms with Crippen LogP contribution < -0.4 is 10.7 Å². The van der Waals surface area contributed by atoms with E-state index in [4.69, 9.17) is 21.1 Å². The number of rotatable bonds is 5. The van der Waals surface area contributed by atoms with Crippen LogP contribution in [-0.2, 0) is 6.54 Å². The minimum atomic E-state index is 0.435. The van der Waals surface area contributed by atoms with Crippen molar-refractivity contribution in [3.63, 3.8) is 0 Å². The van der Waals surface area contributed by atoms with E-state index in [2.05, 4.69) is 22.8 Å². The number of hydrogen-bond donors (Lipinski definition) is 2. The van der Waals surface area contributed by atoms with Crippen molar-refractivity contribution in [1.82, 2.24) is 10.7 Å². The van der Waals surface area contributed by atoms with Crippen LogP contribution in [0.3, 0.4) is 0 Å². The third kappa shape index (κ3) is 3.72. The number of hydrogen-bond acceptors (Lipinski definition) is 4. The Balaban J connectivity index is 1.43. The van der Waals surface area contributed by atoms with E-state index in [1.54, 1.807) is 12.5 Å². The highest BCUT2D eigenvalue weighted by Gasteiger charge is 2.36. The Bertz CT molecular complexity index is 633. The van der Waals surface area contributed by atoms with E-state index in [0.717, 1.165) is 23.2 Å². The summed E-state index contributed by atoms with van der Waals surface area (Å²) in [4.78, 5) is 0. The molecule has 110 valence electrons. The molecule has 3 rings (SSSR count). The van der Waals surface area contributed by atoms with Crippen LogP contribution in [0.4, 0.5) is 0 Å². The summed E-state index contributed by atoms with van der Waals surface area (Å²) in [6, 6.07) is 7.65. The molecule has 2 atom stereocenters. The Morgan fingerprint density at radius 2 is 2.33 bits per heavy atom. The van der Waals surface area contributed by atoms with Gasteiger partial charge in [-0.15, -0.1) is 0 Å². The van der Waals surface area contributed by atoms with Gasteiger partial charge in [-0.25, -0.2) is 0 Å². The van der Waals surface area contributed by atoms with Gasteiger partial charge in [-0.3, -0.25) is 5.43 Å². The lowest BCUT2D eigenvalue weighted by atomic mass is 10.3. The summed E-state index contributed by atoms with van der Waals surface area (Å²) in [6.07, 6.45) is 4.46. The van der Waals surface area contributed by atoms with Gasteiger partial charge >= 0.3 is 0 Å². The summed E-state index contributed by atoms with van der Waals surface area (Å²) in [7, 11) is 0. The second-order valence-corrected chi connectivity index (χ2v) is 5.60. The number of furan rings is 2. The Morgan fingerprint density at radius 3 is 3.05 bits per heavy atom. The highest BCUT2D eigenvalue weighted by Crippen LogP contribution is 2.47. The molecule has 0 unspecified atom stereocenters. The Morgan fingerprint density at radius 1 is 1.48 bits per heavy atom. The second kappa shape index (κ2) is 6.13. The summed E-state index contributed by atoms with van der Waals surface area (Å²) >= 11 is 5.11. The van der Waals surface area contributed by atoms with Gasteiger partial charge in [-0.1, -0.05) is 6.92 Å². The predicted molar refractivity (Wildman–Crippen MR) is 84.1 cm³/mol. The van der Waals surface area contributed by atoms with E-state index in [0.29, 0.717) is 17.6 Å². The van der Waals surface area contributed by atoms with Gasteiger partial charge in [0.1, 0.15) is 17.3 Å². The van der Waals surface area contributed by atoms with Gasteiger partial charge in [-0.2, -0.15) is 5.10 Å². The Kier molecular flexibility index (Phi) is 4.06. The fourth-order valence-corrected chi connectivity index (χ4v) is 2.26. The molecule has 1 saturated carbocycles. The molecule has 1 aliphatic carbocycles. The van der Waals surface area contributed by atoms with Crippen molar-refractivity contribution in [2.45, 2.75) is 25.8 Å². The third-order valence-corrected chi connectivity index (χ3v) is 3.72. The molecule has 2 aromatic heterocycles. The number of hydrazone groups is 1. The summed E-state index contributed by atoms with van der Waals surface area (Å²) in [5, 5.41) is 7.48. The van der Waals surface area contributed by atoms with Crippen molar-refractivity contribution in [2.24, 2.45) is 11.0 Å². The standard InChI is InChI=1S/C15H17N3O2S/c1-10-7-13(10)14-5-4-12(20-14)9-17-18-15(21)16-8-11-3-2-6-19-11/h2-6,9-10,13H,7-8H2,1H3,(H2,16,18,21)/b17-9-/t10-,13+/m0/s1. The molecule has 2 N–H and O–H groups in total. The molecule has 21 heavy (non-hydrogen) atoms. The maximum atomic E-state index is 5.71. The average Bonchev–Trinajstić information content (AvgIpc) is 2.90. The molecule has 0 spiro atoms. The third-order valence-electron chi connectivity index (χ3n) is 3.48. The van der Waals surface area contributed by atoms with Gasteiger partial charge in [0.2, 0.25) is 0 Å². The van der Waals surface area contributed by atoms with Gasteiger partial charge in [0.25, 0.3) is 0 Å². The lowest BCUT2D eigenvalue weighted by Crippen LogP contribution is -2.31. The fraction of sp³-hybridized carbons (Fsp3) is 0.333. The molecule has 1 aliphatic rings. The first-order valence-electron chi connectivity index (χ1n) is 6.91. The smallest absolute Gasteiger partial charge is 0.187 e. The average molecular weight is 303 g/mol. The molecule has 0 bridgehead atoms. The largest absolute Gasteiger partial charge is 0.467 e. The summed E-state index contributed by atoms with van der Waals surface area (Å²) in [5.41, 5.74) is 2.74.